The van der Waals surface area contributed by atoms with Crippen molar-refractivity contribution in [2.45, 2.75) is 39.4 Å². The van der Waals surface area contributed by atoms with Gasteiger partial charge in [0.15, 0.2) is 0 Å². The number of nitriles is 1. The number of amides is 1. The highest BCUT2D eigenvalue weighted by molar-refractivity contribution is 5.85. The summed E-state index contributed by atoms with van der Waals surface area (Å²) in [7, 11) is 1.57. The van der Waals surface area contributed by atoms with Crippen LogP contribution in [0, 0.1) is 11.3 Å². The standard InChI is InChI=1S/C18H22N4O3/c1-12(24-5)16-15(21-17(23)25-18(2,3)4)11-20-22(16)14-8-6-7-13(9-14)10-19/h6-9,11-12H,1-5H3,(H,21,23). The first-order valence-electron chi connectivity index (χ1n) is 7.86. The number of carbonyl (C=O) groups excluding carboxylic acids is 1. The lowest BCUT2D eigenvalue weighted by Gasteiger charge is -2.20. The molecule has 25 heavy (non-hydrogen) atoms. The van der Waals surface area contributed by atoms with Crippen LogP contribution in [-0.2, 0) is 9.47 Å². The van der Waals surface area contributed by atoms with Gasteiger partial charge in [-0.05, 0) is 45.9 Å². The SMILES string of the molecule is COC(C)c1c(NC(=O)OC(C)(C)C)cnn1-c1cccc(C#N)c1. The van der Waals surface area contributed by atoms with Crippen molar-refractivity contribution in [2.75, 3.05) is 12.4 Å². The number of hydrogen-bond donors (Lipinski definition) is 1. The van der Waals surface area contributed by atoms with E-state index < -0.39 is 11.7 Å². The minimum Gasteiger partial charge on any atom is -0.444 e. The van der Waals surface area contributed by atoms with Crippen molar-refractivity contribution in [3.8, 4) is 11.8 Å². The molecule has 0 saturated heterocycles. The van der Waals surface area contributed by atoms with Gasteiger partial charge >= 0.3 is 6.09 Å². The Kier molecular flexibility index (Phi) is 5.45. The van der Waals surface area contributed by atoms with E-state index in [4.69, 9.17) is 14.7 Å². The molecule has 1 aromatic carbocycles. The second-order valence-corrected chi connectivity index (χ2v) is 6.52. The third-order valence-corrected chi connectivity index (χ3v) is 3.40. The summed E-state index contributed by atoms with van der Waals surface area (Å²) in [5, 5.41) is 16.1. The van der Waals surface area contributed by atoms with Crippen LogP contribution in [0.2, 0.25) is 0 Å². The van der Waals surface area contributed by atoms with Crippen LogP contribution in [0.4, 0.5) is 10.5 Å². The topological polar surface area (TPSA) is 89.2 Å². The number of hydrogen-bond acceptors (Lipinski definition) is 5. The molecule has 7 nitrogen and oxygen atoms in total. The van der Waals surface area contributed by atoms with E-state index in [1.54, 1.807) is 50.8 Å². The van der Waals surface area contributed by atoms with Crippen molar-refractivity contribution < 1.29 is 14.3 Å². The molecule has 0 spiro atoms. The Morgan fingerprint density at radius 1 is 1.40 bits per heavy atom. The Morgan fingerprint density at radius 3 is 2.72 bits per heavy atom. The summed E-state index contributed by atoms with van der Waals surface area (Å²) in [5.74, 6) is 0. The van der Waals surface area contributed by atoms with E-state index in [0.29, 0.717) is 22.6 Å². The number of anilines is 1. The molecule has 0 bridgehead atoms. The minimum absolute atomic E-state index is 0.335. The first-order chi connectivity index (χ1) is 11.7. The van der Waals surface area contributed by atoms with Crippen molar-refractivity contribution in [3.05, 3.63) is 41.7 Å². The van der Waals surface area contributed by atoms with E-state index in [-0.39, 0.29) is 6.10 Å². The average Bonchev–Trinajstić information content (AvgIpc) is 2.95. The number of carbonyl (C=O) groups is 1. The fourth-order valence-electron chi connectivity index (χ4n) is 2.28. The third-order valence-electron chi connectivity index (χ3n) is 3.40. The van der Waals surface area contributed by atoms with Crippen molar-refractivity contribution >= 4 is 11.8 Å². The summed E-state index contributed by atoms with van der Waals surface area (Å²) in [6.45, 7) is 7.23. The van der Waals surface area contributed by atoms with Crippen LogP contribution in [0.3, 0.4) is 0 Å². The molecule has 2 rings (SSSR count). The van der Waals surface area contributed by atoms with Crippen LogP contribution in [-0.4, -0.2) is 28.6 Å². The second kappa shape index (κ2) is 7.36. The van der Waals surface area contributed by atoms with Gasteiger partial charge in [0.2, 0.25) is 0 Å². The molecule has 1 amide bonds. The van der Waals surface area contributed by atoms with E-state index in [9.17, 15) is 4.79 Å². The summed E-state index contributed by atoms with van der Waals surface area (Å²) in [4.78, 5) is 12.1. The Bertz CT molecular complexity index is 799. The summed E-state index contributed by atoms with van der Waals surface area (Å²) in [6.07, 6.45) is 0.633. The molecule has 0 radical (unpaired) electrons. The number of aromatic nitrogens is 2. The molecule has 0 aliphatic heterocycles. The normalized spacial score (nSPS) is 12.3. The molecule has 1 aromatic heterocycles. The maximum Gasteiger partial charge on any atom is 0.412 e. The van der Waals surface area contributed by atoms with Gasteiger partial charge in [0.1, 0.15) is 5.60 Å². The molecular formula is C18H22N4O3. The lowest BCUT2D eigenvalue weighted by atomic mass is 10.2. The zero-order valence-electron chi connectivity index (χ0n) is 15.0. The van der Waals surface area contributed by atoms with E-state index in [0.717, 1.165) is 0 Å². The molecule has 1 unspecified atom stereocenters. The Balaban J connectivity index is 2.41. The van der Waals surface area contributed by atoms with Crippen LogP contribution in [0.15, 0.2) is 30.5 Å². The van der Waals surface area contributed by atoms with Crippen LogP contribution >= 0.6 is 0 Å². The molecule has 132 valence electrons. The maximum atomic E-state index is 12.1. The molecule has 7 heteroatoms. The lowest BCUT2D eigenvalue weighted by Crippen LogP contribution is -2.27. The largest absolute Gasteiger partial charge is 0.444 e. The Labute approximate surface area is 147 Å². The number of nitrogens with one attached hydrogen (secondary N) is 1. The zero-order chi connectivity index (χ0) is 18.6. The molecule has 0 fully saturated rings. The molecule has 1 heterocycles. The van der Waals surface area contributed by atoms with Gasteiger partial charge in [-0.15, -0.1) is 0 Å². The number of nitrogens with zero attached hydrogens (tertiary/aromatic N) is 3. The summed E-state index contributed by atoms with van der Waals surface area (Å²) >= 11 is 0. The minimum atomic E-state index is -0.603. The Hall–Kier alpha value is -2.85. The van der Waals surface area contributed by atoms with Crippen LogP contribution in [0.25, 0.3) is 5.69 Å². The van der Waals surface area contributed by atoms with Gasteiger partial charge in [-0.3, -0.25) is 5.32 Å². The van der Waals surface area contributed by atoms with Crippen LogP contribution < -0.4 is 5.32 Å². The first-order valence-corrected chi connectivity index (χ1v) is 7.86. The molecule has 0 aliphatic rings. The van der Waals surface area contributed by atoms with E-state index >= 15 is 0 Å². The van der Waals surface area contributed by atoms with E-state index in [2.05, 4.69) is 16.5 Å². The lowest BCUT2D eigenvalue weighted by molar-refractivity contribution is 0.0635. The van der Waals surface area contributed by atoms with E-state index in [1.807, 2.05) is 13.0 Å². The summed E-state index contributed by atoms with van der Waals surface area (Å²) in [6, 6.07) is 9.14. The van der Waals surface area contributed by atoms with Crippen molar-refractivity contribution in [3.63, 3.8) is 0 Å². The van der Waals surface area contributed by atoms with Crippen molar-refractivity contribution in [1.82, 2.24) is 9.78 Å². The highest BCUT2D eigenvalue weighted by Crippen LogP contribution is 2.28. The van der Waals surface area contributed by atoms with Gasteiger partial charge in [0.05, 0.1) is 41.0 Å². The summed E-state index contributed by atoms with van der Waals surface area (Å²) in [5.41, 5.74) is 1.77. The van der Waals surface area contributed by atoms with Gasteiger partial charge in [-0.25, -0.2) is 9.48 Å². The third kappa shape index (κ3) is 4.58. The van der Waals surface area contributed by atoms with Crippen molar-refractivity contribution in [1.29, 1.82) is 5.26 Å². The fraction of sp³-hybridized carbons (Fsp3) is 0.389. The van der Waals surface area contributed by atoms with Gasteiger partial charge in [-0.2, -0.15) is 10.4 Å². The maximum absolute atomic E-state index is 12.1. The van der Waals surface area contributed by atoms with Crippen LogP contribution in [0.5, 0.6) is 0 Å². The fourth-order valence-corrected chi connectivity index (χ4v) is 2.28. The highest BCUT2D eigenvalue weighted by Gasteiger charge is 2.22. The van der Waals surface area contributed by atoms with Gasteiger partial charge < -0.3 is 9.47 Å². The molecule has 1 N–H and O–H groups in total. The Morgan fingerprint density at radius 2 is 2.12 bits per heavy atom. The highest BCUT2D eigenvalue weighted by atomic mass is 16.6. The van der Waals surface area contributed by atoms with Gasteiger partial charge in [0.25, 0.3) is 0 Å². The van der Waals surface area contributed by atoms with Crippen LogP contribution in [0.1, 0.15) is 45.1 Å². The number of ether oxygens (including phenoxy) is 2. The predicted molar refractivity (Wildman–Crippen MR) is 93.6 cm³/mol. The number of methoxy groups -OCH3 is 1. The van der Waals surface area contributed by atoms with Gasteiger partial charge in [0, 0.05) is 7.11 Å². The van der Waals surface area contributed by atoms with Crippen molar-refractivity contribution in [2.24, 2.45) is 0 Å². The quantitative estimate of drug-likeness (QED) is 0.913. The monoisotopic (exact) mass is 342 g/mol. The zero-order valence-corrected chi connectivity index (χ0v) is 15.0. The summed E-state index contributed by atoms with van der Waals surface area (Å²) < 4.78 is 12.3. The number of benzene rings is 1. The predicted octanol–water partition coefficient (Wildman–Crippen LogP) is 3.80. The molecule has 0 aliphatic carbocycles. The smallest absolute Gasteiger partial charge is 0.412 e. The molecule has 0 saturated carbocycles. The second-order valence-electron chi connectivity index (χ2n) is 6.52. The number of rotatable bonds is 4. The molecular weight excluding hydrogens is 320 g/mol. The average molecular weight is 342 g/mol. The van der Waals surface area contributed by atoms with E-state index in [1.165, 1.54) is 6.20 Å². The first kappa shape index (κ1) is 18.5. The van der Waals surface area contributed by atoms with Gasteiger partial charge in [-0.1, -0.05) is 6.07 Å². The molecule has 2 aromatic rings. The molecule has 1 atom stereocenters.